The maximum absolute atomic E-state index is 11.0. The second kappa shape index (κ2) is 6.56. The molecule has 6 heteroatoms. The van der Waals surface area contributed by atoms with Gasteiger partial charge in [-0.05, 0) is 24.5 Å². The van der Waals surface area contributed by atoms with Crippen LogP contribution in [0.1, 0.15) is 20.3 Å². The van der Waals surface area contributed by atoms with Gasteiger partial charge in [0.1, 0.15) is 10.7 Å². The molecule has 5 nitrogen and oxygen atoms in total. The van der Waals surface area contributed by atoms with Crippen LogP contribution >= 0.6 is 11.6 Å². The molecule has 18 heavy (non-hydrogen) atoms. The van der Waals surface area contributed by atoms with Crippen molar-refractivity contribution in [1.29, 1.82) is 0 Å². The lowest BCUT2D eigenvalue weighted by molar-refractivity contribution is -0.383. The highest BCUT2D eigenvalue weighted by Crippen LogP contribution is 2.32. The van der Waals surface area contributed by atoms with E-state index < -0.39 is 4.92 Å². The van der Waals surface area contributed by atoms with Gasteiger partial charge >= 0.3 is 5.69 Å². The summed E-state index contributed by atoms with van der Waals surface area (Å²) in [6.07, 6.45) is 0.847. The molecule has 1 rings (SSSR count). The zero-order valence-corrected chi connectivity index (χ0v) is 11.3. The Morgan fingerprint density at radius 2 is 2.17 bits per heavy atom. The van der Waals surface area contributed by atoms with Crippen molar-refractivity contribution in [2.45, 2.75) is 26.3 Å². The Hall–Kier alpha value is -1.33. The molecule has 0 heterocycles. The van der Waals surface area contributed by atoms with Crippen LogP contribution in [0.2, 0.25) is 5.02 Å². The first-order valence-corrected chi connectivity index (χ1v) is 6.23. The summed E-state index contributed by atoms with van der Waals surface area (Å²) < 4.78 is 0. The maximum atomic E-state index is 11.0. The minimum atomic E-state index is -0.479. The fourth-order valence-corrected chi connectivity index (χ4v) is 2.06. The van der Waals surface area contributed by atoms with E-state index in [0.29, 0.717) is 18.2 Å². The molecule has 0 aliphatic heterocycles. The van der Waals surface area contributed by atoms with Crippen LogP contribution < -0.4 is 11.1 Å². The van der Waals surface area contributed by atoms with Crippen LogP contribution in [0.4, 0.5) is 11.4 Å². The van der Waals surface area contributed by atoms with Gasteiger partial charge in [-0.2, -0.15) is 0 Å². The number of hydrogen-bond acceptors (Lipinski definition) is 4. The normalized spacial score (nSPS) is 12.5. The fraction of sp³-hybridized carbons (Fsp3) is 0.500. The predicted octanol–water partition coefficient (Wildman–Crippen LogP) is 3.03. The number of nitrogens with zero attached hydrogens (tertiary/aromatic N) is 1. The highest BCUT2D eigenvalue weighted by Gasteiger charge is 2.20. The summed E-state index contributed by atoms with van der Waals surface area (Å²) in [5.41, 5.74) is 5.99. The number of nitrogens with two attached hydrogens (primary N) is 1. The van der Waals surface area contributed by atoms with Crippen LogP contribution in [0.5, 0.6) is 0 Å². The van der Waals surface area contributed by atoms with Crippen molar-refractivity contribution in [3.05, 3.63) is 33.3 Å². The Morgan fingerprint density at radius 3 is 2.67 bits per heavy atom. The van der Waals surface area contributed by atoms with Gasteiger partial charge in [-0.15, -0.1) is 0 Å². The molecule has 0 fully saturated rings. The van der Waals surface area contributed by atoms with Gasteiger partial charge in [-0.3, -0.25) is 10.1 Å². The lowest BCUT2D eigenvalue weighted by Gasteiger charge is -2.20. The van der Waals surface area contributed by atoms with Gasteiger partial charge in [-0.1, -0.05) is 31.5 Å². The molecular weight excluding hydrogens is 254 g/mol. The number of halogens is 1. The third-order valence-corrected chi connectivity index (χ3v) is 2.87. The Kier molecular flexibility index (Phi) is 5.37. The second-order valence-electron chi connectivity index (χ2n) is 4.60. The zero-order chi connectivity index (χ0) is 13.7. The lowest BCUT2D eigenvalue weighted by Crippen LogP contribution is -2.30. The van der Waals surface area contributed by atoms with Crippen LogP contribution in [0.3, 0.4) is 0 Å². The molecule has 0 amide bonds. The summed E-state index contributed by atoms with van der Waals surface area (Å²) in [7, 11) is 0. The van der Waals surface area contributed by atoms with Gasteiger partial charge in [0.05, 0.1) is 4.92 Å². The molecule has 0 aromatic heterocycles. The van der Waals surface area contributed by atoms with E-state index in [0.717, 1.165) is 6.42 Å². The first-order valence-electron chi connectivity index (χ1n) is 5.85. The lowest BCUT2D eigenvalue weighted by atomic mass is 10.0. The van der Waals surface area contributed by atoms with Crippen molar-refractivity contribution in [3.63, 3.8) is 0 Å². The third-order valence-electron chi connectivity index (χ3n) is 2.57. The zero-order valence-electron chi connectivity index (χ0n) is 10.5. The molecule has 0 bridgehead atoms. The third kappa shape index (κ3) is 3.85. The molecule has 0 aliphatic rings. The van der Waals surface area contributed by atoms with Gasteiger partial charge in [0.15, 0.2) is 0 Å². The average molecular weight is 272 g/mol. The van der Waals surface area contributed by atoms with Gasteiger partial charge in [0.25, 0.3) is 0 Å². The second-order valence-corrected chi connectivity index (χ2v) is 5.01. The summed E-state index contributed by atoms with van der Waals surface area (Å²) in [6.45, 7) is 4.58. The predicted molar refractivity (Wildman–Crippen MR) is 74.0 cm³/mol. The number of hydrogen-bond donors (Lipinski definition) is 2. The van der Waals surface area contributed by atoms with Crippen molar-refractivity contribution >= 4 is 23.0 Å². The molecule has 0 saturated carbocycles. The molecular formula is C12H18ClN3O2. The van der Waals surface area contributed by atoms with Crippen LogP contribution in [-0.2, 0) is 0 Å². The van der Waals surface area contributed by atoms with E-state index in [1.807, 2.05) is 0 Å². The fourth-order valence-electron chi connectivity index (χ4n) is 1.82. The van der Waals surface area contributed by atoms with Crippen molar-refractivity contribution in [2.75, 3.05) is 11.9 Å². The molecule has 1 aromatic rings. The molecule has 0 spiro atoms. The van der Waals surface area contributed by atoms with E-state index in [1.165, 1.54) is 6.07 Å². The molecule has 100 valence electrons. The number of nitro benzene ring substituents is 1. The molecule has 0 aliphatic carbocycles. The van der Waals surface area contributed by atoms with Crippen molar-refractivity contribution in [3.8, 4) is 0 Å². The highest BCUT2D eigenvalue weighted by molar-refractivity contribution is 6.33. The molecule has 0 radical (unpaired) electrons. The number of benzene rings is 1. The summed E-state index contributed by atoms with van der Waals surface area (Å²) in [6, 6.07) is 4.83. The van der Waals surface area contributed by atoms with Crippen LogP contribution in [0, 0.1) is 16.0 Å². The van der Waals surface area contributed by atoms with Gasteiger partial charge in [-0.25, -0.2) is 0 Å². The van der Waals surface area contributed by atoms with Crippen LogP contribution in [0.15, 0.2) is 18.2 Å². The Morgan fingerprint density at radius 1 is 1.50 bits per heavy atom. The first-order chi connectivity index (χ1) is 8.45. The smallest absolute Gasteiger partial charge is 0.310 e. The number of rotatable bonds is 6. The summed E-state index contributed by atoms with van der Waals surface area (Å²) in [5.74, 6) is 0.462. The Labute approximate surface area is 111 Å². The topological polar surface area (TPSA) is 81.2 Å². The molecule has 0 saturated heterocycles. The Bertz CT molecular complexity index is 424. The standard InChI is InChI=1S/C12H18ClN3O2/c1-8(2)6-9(7-14)15-11-5-3-4-10(13)12(11)16(17)18/h3-5,8-9,15H,6-7,14H2,1-2H3. The molecule has 1 atom stereocenters. The van der Waals surface area contributed by atoms with Crippen molar-refractivity contribution < 1.29 is 4.92 Å². The van der Waals surface area contributed by atoms with E-state index in [9.17, 15) is 10.1 Å². The van der Waals surface area contributed by atoms with E-state index in [4.69, 9.17) is 17.3 Å². The first kappa shape index (κ1) is 14.7. The highest BCUT2D eigenvalue weighted by atomic mass is 35.5. The van der Waals surface area contributed by atoms with Crippen molar-refractivity contribution in [2.24, 2.45) is 11.7 Å². The van der Waals surface area contributed by atoms with E-state index in [2.05, 4.69) is 19.2 Å². The minimum Gasteiger partial charge on any atom is -0.375 e. The molecule has 3 N–H and O–H groups in total. The minimum absolute atomic E-state index is 0.00201. The van der Waals surface area contributed by atoms with E-state index in [1.54, 1.807) is 12.1 Å². The van der Waals surface area contributed by atoms with Crippen LogP contribution in [0.25, 0.3) is 0 Å². The number of nitrogens with one attached hydrogen (secondary N) is 1. The molecule has 1 unspecified atom stereocenters. The molecule has 1 aromatic carbocycles. The Balaban J connectivity index is 2.95. The van der Waals surface area contributed by atoms with E-state index >= 15 is 0 Å². The number of anilines is 1. The largest absolute Gasteiger partial charge is 0.375 e. The van der Waals surface area contributed by atoms with Crippen molar-refractivity contribution in [1.82, 2.24) is 0 Å². The quantitative estimate of drug-likeness (QED) is 0.615. The SMILES string of the molecule is CC(C)CC(CN)Nc1cccc(Cl)c1[N+](=O)[O-]. The van der Waals surface area contributed by atoms with Gasteiger partial charge in [0.2, 0.25) is 0 Å². The van der Waals surface area contributed by atoms with Gasteiger partial charge < -0.3 is 11.1 Å². The van der Waals surface area contributed by atoms with Crippen LogP contribution in [-0.4, -0.2) is 17.5 Å². The number of para-hydroxylation sites is 1. The average Bonchev–Trinajstić information content (AvgIpc) is 2.27. The number of nitro groups is 1. The van der Waals surface area contributed by atoms with Gasteiger partial charge in [0, 0.05) is 12.6 Å². The van der Waals surface area contributed by atoms with E-state index in [-0.39, 0.29) is 16.8 Å². The summed E-state index contributed by atoms with van der Waals surface area (Å²) in [5, 5.41) is 14.2. The summed E-state index contributed by atoms with van der Waals surface area (Å²) in [4.78, 5) is 10.5. The monoisotopic (exact) mass is 271 g/mol. The summed E-state index contributed by atoms with van der Waals surface area (Å²) >= 11 is 5.84. The maximum Gasteiger partial charge on any atom is 0.310 e.